The molecule has 2 aromatic heterocycles. The lowest BCUT2D eigenvalue weighted by molar-refractivity contribution is 0.202. The molecule has 0 aliphatic heterocycles. The van der Waals surface area contributed by atoms with Crippen LogP contribution in [0.25, 0.3) is 22.1 Å². The molecule has 1 N–H and O–H groups in total. The van der Waals surface area contributed by atoms with E-state index < -0.39 is 0 Å². The van der Waals surface area contributed by atoms with E-state index in [-0.39, 0.29) is 12.6 Å². The molecule has 0 unspecified atom stereocenters. The smallest absolute Gasteiger partial charge is 0.322 e. The molecule has 0 aliphatic rings. The minimum absolute atomic E-state index is 0.222. The summed E-state index contributed by atoms with van der Waals surface area (Å²) in [5, 5.41) is 5.66. The maximum absolute atomic E-state index is 14.1. The Bertz CT molecular complexity index is 1670. The van der Waals surface area contributed by atoms with Gasteiger partial charge in [0.1, 0.15) is 16.4 Å². The van der Waals surface area contributed by atoms with E-state index in [2.05, 4.69) is 54.5 Å². The van der Waals surface area contributed by atoms with Crippen LogP contribution in [-0.2, 0) is 13.1 Å². The quantitative estimate of drug-likeness (QED) is 0.179. The lowest BCUT2D eigenvalue weighted by Crippen LogP contribution is -2.34. The summed E-state index contributed by atoms with van der Waals surface area (Å²) >= 11 is 9.34. The van der Waals surface area contributed by atoms with Gasteiger partial charge < -0.3 is 14.6 Å². The zero-order valence-corrected chi connectivity index (χ0v) is 26.1. The van der Waals surface area contributed by atoms with E-state index in [0.29, 0.717) is 17.3 Å². The van der Waals surface area contributed by atoms with Crippen LogP contribution in [0, 0.1) is 20.8 Å². The first kappa shape index (κ1) is 29.1. The number of rotatable bonds is 8. The number of halogens is 1. The fraction of sp³-hybridized carbons (Fsp3) is 0.212. The predicted octanol–water partition coefficient (Wildman–Crippen LogP) is 9.75. The van der Waals surface area contributed by atoms with Gasteiger partial charge in [-0.15, -0.1) is 23.5 Å². The van der Waals surface area contributed by atoms with E-state index in [1.807, 2.05) is 61.9 Å². The van der Waals surface area contributed by atoms with Gasteiger partial charge in [0.05, 0.1) is 12.2 Å². The number of carbonyl (C=O) groups is 1. The number of hydrogen-bond acceptors (Lipinski definition) is 5. The van der Waals surface area contributed by atoms with Crippen LogP contribution in [0.1, 0.15) is 28.1 Å². The molecule has 5 aromatic rings. The minimum atomic E-state index is -0.222. The second kappa shape index (κ2) is 12.6. The summed E-state index contributed by atoms with van der Waals surface area (Å²) < 4.78 is 6.46. The van der Waals surface area contributed by atoms with Crippen LogP contribution in [0.15, 0.2) is 87.1 Å². The Hall–Kier alpha value is -3.39. The summed E-state index contributed by atoms with van der Waals surface area (Å²) in [6.07, 6.45) is 3.98. The molecule has 0 spiro atoms. The van der Waals surface area contributed by atoms with Crippen molar-refractivity contribution in [3.05, 3.63) is 106 Å². The molecule has 41 heavy (non-hydrogen) atoms. The number of furan rings is 1. The summed E-state index contributed by atoms with van der Waals surface area (Å²) in [4.78, 5) is 21.5. The van der Waals surface area contributed by atoms with Crippen molar-refractivity contribution in [1.82, 2.24) is 9.88 Å². The van der Waals surface area contributed by atoms with E-state index in [0.717, 1.165) is 54.5 Å². The number of aryl methyl sites for hydroxylation is 3. The molecule has 0 aliphatic carbocycles. The zero-order valence-electron chi connectivity index (χ0n) is 23.7. The molecule has 0 atom stereocenters. The van der Waals surface area contributed by atoms with Gasteiger partial charge >= 0.3 is 6.03 Å². The molecule has 0 saturated heterocycles. The first-order valence-electron chi connectivity index (χ1n) is 13.2. The molecule has 210 valence electrons. The molecule has 0 saturated carbocycles. The number of nitrogens with one attached hydrogen (secondary N) is 1. The van der Waals surface area contributed by atoms with Gasteiger partial charge in [0.15, 0.2) is 0 Å². The van der Waals surface area contributed by atoms with Crippen LogP contribution in [0.2, 0.25) is 5.02 Å². The third-order valence-electron chi connectivity index (χ3n) is 6.89. The minimum Gasteiger partial charge on any atom is -0.459 e. The normalized spacial score (nSPS) is 11.2. The number of urea groups is 1. The Morgan fingerprint density at radius 3 is 2.29 bits per heavy atom. The molecule has 5 rings (SSSR count). The second-order valence-electron chi connectivity index (χ2n) is 10.0. The van der Waals surface area contributed by atoms with Crippen LogP contribution < -0.4 is 5.32 Å². The van der Waals surface area contributed by atoms with Gasteiger partial charge in [0.2, 0.25) is 0 Å². The third kappa shape index (κ3) is 6.58. The van der Waals surface area contributed by atoms with E-state index in [1.165, 1.54) is 17.3 Å². The number of thioether (sulfide) groups is 2. The Morgan fingerprint density at radius 2 is 1.61 bits per heavy atom. The lowest BCUT2D eigenvalue weighted by Gasteiger charge is -2.24. The molecule has 0 fully saturated rings. The number of hydrogen-bond donors (Lipinski definition) is 1. The highest BCUT2D eigenvalue weighted by Gasteiger charge is 2.24. The average molecular weight is 602 g/mol. The maximum atomic E-state index is 14.1. The number of fused-ring (bicyclic) bond motifs is 1. The van der Waals surface area contributed by atoms with E-state index in [1.54, 1.807) is 16.7 Å². The van der Waals surface area contributed by atoms with Gasteiger partial charge in [-0.25, -0.2) is 9.78 Å². The zero-order chi connectivity index (χ0) is 29.1. The maximum Gasteiger partial charge on any atom is 0.322 e. The standard InChI is InChI=1S/C33H32ClN3O2S2/c1-20-6-9-23(10-7-20)18-37(33(38)36-31-29(40-4)17-22(3)35-32(31)41-5)19-28-30(24-11-13-25(34)14-12-24)26-16-21(2)8-15-27(26)39-28/h6-17H,18-19H2,1-5H3,(H,36,38). The lowest BCUT2D eigenvalue weighted by atomic mass is 10.0. The number of aromatic nitrogens is 1. The van der Waals surface area contributed by atoms with E-state index in [9.17, 15) is 4.79 Å². The highest BCUT2D eigenvalue weighted by molar-refractivity contribution is 7.99. The third-order valence-corrected chi connectivity index (χ3v) is 8.58. The van der Waals surface area contributed by atoms with Gasteiger partial charge in [-0.05, 0) is 74.7 Å². The molecule has 2 heterocycles. The number of benzene rings is 3. The average Bonchev–Trinajstić information content (AvgIpc) is 3.31. The summed E-state index contributed by atoms with van der Waals surface area (Å²) in [7, 11) is 0. The summed E-state index contributed by atoms with van der Waals surface area (Å²) in [5.74, 6) is 0.715. The highest BCUT2D eigenvalue weighted by atomic mass is 35.5. The van der Waals surface area contributed by atoms with Crippen LogP contribution in [0.3, 0.4) is 0 Å². The summed E-state index contributed by atoms with van der Waals surface area (Å²) in [6, 6.07) is 23.9. The first-order chi connectivity index (χ1) is 19.7. The second-order valence-corrected chi connectivity index (χ2v) is 12.1. The molecule has 2 amide bonds. The van der Waals surface area contributed by atoms with Crippen molar-refractivity contribution in [2.24, 2.45) is 0 Å². The number of amides is 2. The number of carbonyl (C=O) groups excluding carboxylic acids is 1. The van der Waals surface area contributed by atoms with Crippen molar-refractivity contribution in [2.75, 3.05) is 17.8 Å². The number of nitrogens with zero attached hydrogens (tertiary/aromatic N) is 2. The monoisotopic (exact) mass is 601 g/mol. The van der Waals surface area contributed by atoms with Gasteiger partial charge in [-0.3, -0.25) is 0 Å². The Balaban J connectivity index is 1.58. The molecule has 8 heteroatoms. The Morgan fingerprint density at radius 1 is 0.902 bits per heavy atom. The van der Waals surface area contributed by atoms with Crippen molar-refractivity contribution in [3.63, 3.8) is 0 Å². The van der Waals surface area contributed by atoms with Gasteiger partial charge in [0, 0.05) is 33.1 Å². The van der Waals surface area contributed by atoms with E-state index in [4.69, 9.17) is 16.0 Å². The van der Waals surface area contributed by atoms with Gasteiger partial charge in [-0.2, -0.15) is 0 Å². The van der Waals surface area contributed by atoms with Crippen molar-refractivity contribution in [1.29, 1.82) is 0 Å². The van der Waals surface area contributed by atoms with Crippen molar-refractivity contribution >= 4 is 57.8 Å². The van der Waals surface area contributed by atoms with Crippen molar-refractivity contribution in [3.8, 4) is 11.1 Å². The van der Waals surface area contributed by atoms with Crippen LogP contribution in [0.5, 0.6) is 0 Å². The largest absolute Gasteiger partial charge is 0.459 e. The van der Waals surface area contributed by atoms with Crippen LogP contribution in [0.4, 0.5) is 10.5 Å². The molecular weight excluding hydrogens is 570 g/mol. The highest BCUT2D eigenvalue weighted by Crippen LogP contribution is 2.38. The fourth-order valence-electron chi connectivity index (χ4n) is 4.82. The van der Waals surface area contributed by atoms with Crippen molar-refractivity contribution < 1.29 is 9.21 Å². The van der Waals surface area contributed by atoms with Crippen LogP contribution in [-0.4, -0.2) is 28.4 Å². The first-order valence-corrected chi connectivity index (χ1v) is 16.1. The van der Waals surface area contributed by atoms with Crippen molar-refractivity contribution in [2.45, 2.75) is 43.8 Å². The summed E-state index contributed by atoms with van der Waals surface area (Å²) in [6.45, 7) is 6.77. The fourth-order valence-corrected chi connectivity index (χ4v) is 6.25. The molecule has 0 radical (unpaired) electrons. The van der Waals surface area contributed by atoms with Crippen LogP contribution >= 0.6 is 35.1 Å². The van der Waals surface area contributed by atoms with Gasteiger partial charge in [0.25, 0.3) is 0 Å². The Kier molecular flexibility index (Phi) is 8.97. The topological polar surface area (TPSA) is 58.4 Å². The molecular formula is C33H32ClN3O2S2. The Labute approximate surface area is 254 Å². The summed E-state index contributed by atoms with van der Waals surface area (Å²) in [5.41, 5.74) is 7.71. The molecule has 3 aromatic carbocycles. The van der Waals surface area contributed by atoms with E-state index >= 15 is 0 Å². The molecule has 0 bridgehead atoms. The molecule has 5 nitrogen and oxygen atoms in total. The predicted molar refractivity (Wildman–Crippen MR) is 173 cm³/mol. The van der Waals surface area contributed by atoms with Gasteiger partial charge in [-0.1, -0.05) is 65.2 Å². The SMILES string of the molecule is CSc1cc(C)nc(SC)c1NC(=O)N(Cc1ccc(C)cc1)Cc1oc2ccc(C)cc2c1-c1ccc(Cl)cc1. The number of anilines is 1. The number of pyridine rings is 1.